The molecule has 0 spiro atoms. The van der Waals surface area contributed by atoms with E-state index in [0.717, 1.165) is 6.07 Å². The number of benzene rings is 1. The molecule has 1 atom stereocenters. The van der Waals surface area contributed by atoms with Gasteiger partial charge in [0.1, 0.15) is 10.9 Å². The Morgan fingerprint density at radius 2 is 2.08 bits per heavy atom. The highest BCUT2D eigenvalue weighted by Gasteiger charge is 2.42. The van der Waals surface area contributed by atoms with Gasteiger partial charge in [-0.15, -0.1) is 0 Å². The van der Waals surface area contributed by atoms with Crippen LogP contribution in [0.3, 0.4) is 0 Å². The standard InChI is InChI=1S/C16H18N2O7S/c1-25-8-7-18-15(20)11-5-4-10(9-13(11)26(18,23)24)14(19)17-6-2-3-12(17)16(21)22/h4-5,9,12H,2-3,6-8H2,1H3,(H,21,22). The second-order valence-corrected chi connectivity index (χ2v) is 7.91. The summed E-state index contributed by atoms with van der Waals surface area (Å²) in [6, 6.07) is 2.87. The highest BCUT2D eigenvalue weighted by atomic mass is 32.2. The predicted molar refractivity (Wildman–Crippen MR) is 88.2 cm³/mol. The molecule has 3 rings (SSSR count). The minimum Gasteiger partial charge on any atom is -0.480 e. The van der Waals surface area contributed by atoms with Gasteiger partial charge in [0.05, 0.1) is 18.7 Å². The molecular formula is C16H18N2O7S. The number of ether oxygens (including phenoxy) is 1. The molecule has 0 radical (unpaired) electrons. The monoisotopic (exact) mass is 382 g/mol. The lowest BCUT2D eigenvalue weighted by Crippen LogP contribution is -2.40. The summed E-state index contributed by atoms with van der Waals surface area (Å²) < 4.78 is 30.7. The quantitative estimate of drug-likeness (QED) is 0.770. The number of hydrogen-bond donors (Lipinski definition) is 1. The second-order valence-electron chi connectivity index (χ2n) is 6.08. The number of likely N-dealkylation sites (tertiary alicyclic amines) is 1. The van der Waals surface area contributed by atoms with E-state index in [-0.39, 0.29) is 29.2 Å². The van der Waals surface area contributed by atoms with Crippen molar-refractivity contribution in [1.82, 2.24) is 9.21 Å². The molecule has 1 N–H and O–H groups in total. The van der Waals surface area contributed by atoms with Gasteiger partial charge in [-0.05, 0) is 31.0 Å². The summed E-state index contributed by atoms with van der Waals surface area (Å²) in [4.78, 5) is 37.2. The molecule has 1 saturated heterocycles. The van der Waals surface area contributed by atoms with Crippen LogP contribution >= 0.6 is 0 Å². The molecular weight excluding hydrogens is 364 g/mol. The number of carbonyl (C=O) groups is 3. The fraction of sp³-hybridized carbons (Fsp3) is 0.438. The Morgan fingerprint density at radius 3 is 2.73 bits per heavy atom. The predicted octanol–water partition coefficient (Wildman–Crippen LogP) is 0.167. The molecule has 0 saturated carbocycles. The number of carboxylic acids is 1. The Labute approximate surface area is 150 Å². The van der Waals surface area contributed by atoms with E-state index in [1.165, 1.54) is 24.1 Å². The van der Waals surface area contributed by atoms with Crippen LogP contribution in [-0.2, 0) is 19.6 Å². The van der Waals surface area contributed by atoms with Crippen LogP contribution in [0.2, 0.25) is 0 Å². The fourth-order valence-corrected chi connectivity index (χ4v) is 4.81. The van der Waals surface area contributed by atoms with Crippen molar-refractivity contribution in [2.75, 3.05) is 26.8 Å². The van der Waals surface area contributed by atoms with Gasteiger partial charge in [0.2, 0.25) is 0 Å². The van der Waals surface area contributed by atoms with Crippen molar-refractivity contribution in [2.24, 2.45) is 0 Å². The van der Waals surface area contributed by atoms with Crippen molar-refractivity contribution in [3.63, 3.8) is 0 Å². The highest BCUT2D eigenvalue weighted by Crippen LogP contribution is 2.31. The lowest BCUT2D eigenvalue weighted by molar-refractivity contribution is -0.141. The van der Waals surface area contributed by atoms with Crippen LogP contribution in [-0.4, -0.2) is 73.4 Å². The summed E-state index contributed by atoms with van der Waals surface area (Å²) in [6.07, 6.45) is 0.919. The summed E-state index contributed by atoms with van der Waals surface area (Å²) in [5.74, 6) is -2.32. The molecule has 0 bridgehead atoms. The summed E-state index contributed by atoms with van der Waals surface area (Å²) in [6.45, 7) is 0.222. The van der Waals surface area contributed by atoms with Crippen molar-refractivity contribution in [3.8, 4) is 0 Å². The molecule has 1 unspecified atom stereocenters. The third-order valence-corrected chi connectivity index (χ3v) is 6.37. The minimum atomic E-state index is -4.06. The van der Waals surface area contributed by atoms with Gasteiger partial charge < -0.3 is 14.7 Å². The zero-order chi connectivity index (χ0) is 19.1. The van der Waals surface area contributed by atoms with Crippen molar-refractivity contribution in [3.05, 3.63) is 29.3 Å². The number of sulfonamides is 1. The average molecular weight is 382 g/mol. The van der Waals surface area contributed by atoms with Gasteiger partial charge in [0.25, 0.3) is 21.8 Å². The molecule has 2 amide bonds. The van der Waals surface area contributed by atoms with E-state index in [2.05, 4.69) is 0 Å². The topological polar surface area (TPSA) is 121 Å². The summed E-state index contributed by atoms with van der Waals surface area (Å²) in [5.41, 5.74) is 0.0377. The van der Waals surface area contributed by atoms with Crippen LogP contribution in [0, 0.1) is 0 Å². The molecule has 2 aliphatic rings. The van der Waals surface area contributed by atoms with Crippen LogP contribution < -0.4 is 0 Å². The second kappa shape index (κ2) is 6.69. The summed E-state index contributed by atoms with van der Waals surface area (Å²) in [7, 11) is -2.67. The maximum absolute atomic E-state index is 12.7. The van der Waals surface area contributed by atoms with Crippen LogP contribution in [0.25, 0.3) is 0 Å². The molecule has 140 valence electrons. The minimum absolute atomic E-state index is 0.00569. The first kappa shape index (κ1) is 18.3. The number of fused-ring (bicyclic) bond motifs is 1. The number of methoxy groups -OCH3 is 1. The summed E-state index contributed by atoms with van der Waals surface area (Å²) >= 11 is 0. The van der Waals surface area contributed by atoms with E-state index in [4.69, 9.17) is 4.74 Å². The highest BCUT2D eigenvalue weighted by molar-refractivity contribution is 7.90. The molecule has 10 heteroatoms. The SMILES string of the molecule is COCCN1C(=O)c2ccc(C(=O)N3CCCC3C(=O)O)cc2S1(=O)=O. The molecule has 1 aromatic rings. The van der Waals surface area contributed by atoms with Crippen LogP contribution in [0.4, 0.5) is 0 Å². The normalized spacial score (nSPS) is 21.1. The van der Waals surface area contributed by atoms with Crippen molar-refractivity contribution in [1.29, 1.82) is 0 Å². The van der Waals surface area contributed by atoms with Gasteiger partial charge in [0.15, 0.2) is 0 Å². The summed E-state index contributed by atoms with van der Waals surface area (Å²) in [5, 5.41) is 9.22. The Hall–Kier alpha value is -2.46. The van der Waals surface area contributed by atoms with Gasteiger partial charge in [-0.2, -0.15) is 0 Å². The molecule has 2 aliphatic heterocycles. The third-order valence-electron chi connectivity index (χ3n) is 4.55. The van der Waals surface area contributed by atoms with E-state index in [1.54, 1.807) is 0 Å². The van der Waals surface area contributed by atoms with Gasteiger partial charge in [-0.3, -0.25) is 9.59 Å². The number of rotatable bonds is 5. The average Bonchev–Trinajstić information content (AvgIpc) is 3.16. The maximum atomic E-state index is 12.7. The smallest absolute Gasteiger partial charge is 0.326 e. The largest absolute Gasteiger partial charge is 0.480 e. The third kappa shape index (κ3) is 2.84. The Kier molecular flexibility index (Phi) is 4.72. The van der Waals surface area contributed by atoms with E-state index in [0.29, 0.717) is 23.7 Å². The lowest BCUT2D eigenvalue weighted by atomic mass is 10.1. The number of amides is 2. The molecule has 0 aliphatic carbocycles. The molecule has 26 heavy (non-hydrogen) atoms. The van der Waals surface area contributed by atoms with Crippen LogP contribution in [0.15, 0.2) is 23.1 Å². The lowest BCUT2D eigenvalue weighted by Gasteiger charge is -2.21. The first-order valence-electron chi connectivity index (χ1n) is 8.03. The Morgan fingerprint density at radius 1 is 1.35 bits per heavy atom. The number of aliphatic carboxylic acids is 1. The van der Waals surface area contributed by atoms with Crippen LogP contribution in [0.5, 0.6) is 0 Å². The van der Waals surface area contributed by atoms with E-state index >= 15 is 0 Å². The molecule has 9 nitrogen and oxygen atoms in total. The van der Waals surface area contributed by atoms with Gasteiger partial charge >= 0.3 is 5.97 Å². The van der Waals surface area contributed by atoms with Gasteiger partial charge in [-0.1, -0.05) is 0 Å². The van der Waals surface area contributed by atoms with E-state index in [1.807, 2.05) is 0 Å². The number of hydrogen-bond acceptors (Lipinski definition) is 6. The first-order chi connectivity index (χ1) is 12.3. The number of carbonyl (C=O) groups excluding carboxylic acids is 2. The number of nitrogens with zero attached hydrogens (tertiary/aromatic N) is 2. The molecule has 0 aromatic heterocycles. The zero-order valence-electron chi connectivity index (χ0n) is 14.0. The number of carboxylic acid groups (broad SMARTS) is 1. The first-order valence-corrected chi connectivity index (χ1v) is 9.47. The van der Waals surface area contributed by atoms with Gasteiger partial charge in [0, 0.05) is 19.2 Å². The zero-order valence-corrected chi connectivity index (χ0v) is 14.9. The Bertz CT molecular complexity index is 881. The van der Waals surface area contributed by atoms with Gasteiger partial charge in [-0.25, -0.2) is 17.5 Å². The molecule has 1 fully saturated rings. The van der Waals surface area contributed by atoms with Crippen molar-refractivity contribution in [2.45, 2.75) is 23.8 Å². The maximum Gasteiger partial charge on any atom is 0.326 e. The molecule has 1 aromatic carbocycles. The van der Waals surface area contributed by atoms with Crippen molar-refractivity contribution < 1.29 is 32.6 Å². The fourth-order valence-electron chi connectivity index (χ4n) is 3.24. The van der Waals surface area contributed by atoms with Crippen molar-refractivity contribution >= 4 is 27.8 Å². The van der Waals surface area contributed by atoms with Crippen LogP contribution in [0.1, 0.15) is 33.6 Å². The molecule has 2 heterocycles. The Balaban J connectivity index is 1.95. The van der Waals surface area contributed by atoms with E-state index in [9.17, 15) is 27.9 Å². The van der Waals surface area contributed by atoms with E-state index < -0.39 is 33.8 Å².